The van der Waals surface area contributed by atoms with Gasteiger partial charge in [0.15, 0.2) is 5.11 Å². The van der Waals surface area contributed by atoms with Crippen molar-refractivity contribution in [2.75, 3.05) is 5.32 Å². The maximum atomic E-state index is 5.25. The number of anilines is 1. The Morgan fingerprint density at radius 3 is 2.75 bits per heavy atom. The molecular weight excluding hydrogens is 284 g/mol. The van der Waals surface area contributed by atoms with E-state index in [0.717, 1.165) is 15.3 Å². The van der Waals surface area contributed by atoms with E-state index in [2.05, 4.69) is 39.6 Å². The molecule has 0 aliphatic heterocycles. The summed E-state index contributed by atoms with van der Waals surface area (Å²) in [5.74, 6) is 0. The van der Waals surface area contributed by atoms with Gasteiger partial charge in [-0.2, -0.15) is 0 Å². The van der Waals surface area contributed by atoms with Crippen molar-refractivity contribution >= 4 is 38.9 Å². The Kier molecular flexibility index (Phi) is 3.82. The van der Waals surface area contributed by atoms with Gasteiger partial charge in [0, 0.05) is 16.2 Å². The lowest BCUT2D eigenvalue weighted by Crippen LogP contribution is -2.41. The molecule has 2 N–H and O–H groups in total. The van der Waals surface area contributed by atoms with Gasteiger partial charge in [-0.15, -0.1) is 0 Å². The van der Waals surface area contributed by atoms with Crippen LogP contribution in [-0.4, -0.2) is 11.2 Å². The highest BCUT2D eigenvalue weighted by Gasteiger charge is 2.17. The summed E-state index contributed by atoms with van der Waals surface area (Å²) in [6.07, 6.45) is 3.79. The Labute approximate surface area is 110 Å². The zero-order chi connectivity index (χ0) is 11.5. The summed E-state index contributed by atoms with van der Waals surface area (Å²) < 4.78 is 1.12. The van der Waals surface area contributed by atoms with Crippen molar-refractivity contribution in [2.45, 2.75) is 32.2 Å². The molecule has 1 aliphatic carbocycles. The third-order valence-electron chi connectivity index (χ3n) is 2.86. The average molecular weight is 299 g/mol. The normalized spacial score (nSPS) is 15.4. The number of hydrogen-bond acceptors (Lipinski definition) is 1. The minimum Gasteiger partial charge on any atom is -0.360 e. The topological polar surface area (TPSA) is 24.1 Å². The van der Waals surface area contributed by atoms with Crippen LogP contribution in [0.25, 0.3) is 0 Å². The lowest BCUT2D eigenvalue weighted by Gasteiger charge is -2.27. The molecule has 2 rings (SSSR count). The maximum Gasteiger partial charge on any atom is 0.170 e. The first kappa shape index (κ1) is 11.9. The van der Waals surface area contributed by atoms with Gasteiger partial charge in [-0.05, 0) is 62.2 Å². The fourth-order valence-electron chi connectivity index (χ4n) is 1.63. The molecule has 0 amide bonds. The summed E-state index contributed by atoms with van der Waals surface area (Å²) in [4.78, 5) is 0. The smallest absolute Gasteiger partial charge is 0.170 e. The van der Waals surface area contributed by atoms with Gasteiger partial charge in [0.2, 0.25) is 0 Å². The molecule has 4 heteroatoms. The first-order chi connectivity index (χ1) is 7.65. The Morgan fingerprint density at radius 2 is 2.19 bits per heavy atom. The number of aryl methyl sites for hydroxylation is 1. The van der Waals surface area contributed by atoms with Crippen LogP contribution in [0.5, 0.6) is 0 Å². The molecule has 0 aromatic heterocycles. The second kappa shape index (κ2) is 5.15. The van der Waals surface area contributed by atoms with Gasteiger partial charge in [-0.3, -0.25) is 0 Å². The van der Waals surface area contributed by atoms with Crippen LogP contribution >= 0.6 is 28.1 Å². The predicted octanol–water partition coefficient (Wildman–Crippen LogP) is 3.60. The molecular formula is C12H15BrN2S. The van der Waals surface area contributed by atoms with Crippen LogP contribution in [0.15, 0.2) is 22.7 Å². The minimum atomic E-state index is 0.580. The van der Waals surface area contributed by atoms with Crippen LogP contribution < -0.4 is 10.6 Å². The molecule has 2 nitrogen and oxygen atoms in total. The highest BCUT2D eigenvalue weighted by Crippen LogP contribution is 2.21. The number of nitrogens with one attached hydrogen (secondary N) is 2. The SMILES string of the molecule is Cc1cc(NC(=S)NC2CCC2)ccc1Br. The maximum absolute atomic E-state index is 5.25. The van der Waals surface area contributed by atoms with E-state index in [1.54, 1.807) is 0 Å². The van der Waals surface area contributed by atoms with Gasteiger partial charge >= 0.3 is 0 Å². The van der Waals surface area contributed by atoms with Gasteiger partial charge < -0.3 is 10.6 Å². The molecule has 0 bridgehead atoms. The molecule has 1 aliphatic rings. The summed E-state index contributed by atoms with van der Waals surface area (Å²) in [6.45, 7) is 2.07. The van der Waals surface area contributed by atoms with E-state index in [4.69, 9.17) is 12.2 Å². The van der Waals surface area contributed by atoms with Crippen molar-refractivity contribution in [3.63, 3.8) is 0 Å². The van der Waals surface area contributed by atoms with Gasteiger partial charge in [0.05, 0.1) is 0 Å². The summed E-state index contributed by atoms with van der Waals surface area (Å²) in [6, 6.07) is 6.71. The van der Waals surface area contributed by atoms with E-state index >= 15 is 0 Å². The molecule has 0 radical (unpaired) electrons. The van der Waals surface area contributed by atoms with Crippen LogP contribution in [0.3, 0.4) is 0 Å². The van der Waals surface area contributed by atoms with Gasteiger partial charge in [0.25, 0.3) is 0 Å². The van der Waals surface area contributed by atoms with Crippen LogP contribution in [0.4, 0.5) is 5.69 Å². The summed E-state index contributed by atoms with van der Waals surface area (Å²) in [5, 5.41) is 7.24. The van der Waals surface area contributed by atoms with Crippen LogP contribution in [0, 0.1) is 6.92 Å². The van der Waals surface area contributed by atoms with Crippen LogP contribution in [0.2, 0.25) is 0 Å². The number of halogens is 1. The minimum absolute atomic E-state index is 0.580. The van der Waals surface area contributed by atoms with E-state index < -0.39 is 0 Å². The molecule has 86 valence electrons. The van der Waals surface area contributed by atoms with Crippen molar-refractivity contribution in [3.05, 3.63) is 28.2 Å². The van der Waals surface area contributed by atoms with Gasteiger partial charge in [0.1, 0.15) is 0 Å². The highest BCUT2D eigenvalue weighted by molar-refractivity contribution is 9.10. The highest BCUT2D eigenvalue weighted by atomic mass is 79.9. The number of thiocarbonyl (C=S) groups is 1. The molecule has 16 heavy (non-hydrogen) atoms. The molecule has 0 saturated heterocycles. The van der Waals surface area contributed by atoms with Crippen molar-refractivity contribution in [1.29, 1.82) is 0 Å². The summed E-state index contributed by atoms with van der Waals surface area (Å²) in [5.41, 5.74) is 2.24. The quantitative estimate of drug-likeness (QED) is 0.816. The van der Waals surface area contributed by atoms with Crippen molar-refractivity contribution < 1.29 is 0 Å². The number of hydrogen-bond donors (Lipinski definition) is 2. The van der Waals surface area contributed by atoms with Gasteiger partial charge in [-0.25, -0.2) is 0 Å². The third kappa shape index (κ3) is 2.95. The van der Waals surface area contributed by atoms with E-state index in [9.17, 15) is 0 Å². The lowest BCUT2D eigenvalue weighted by molar-refractivity contribution is 0.385. The van der Waals surface area contributed by atoms with E-state index in [-0.39, 0.29) is 0 Å². The second-order valence-corrected chi connectivity index (χ2v) is 5.45. The average Bonchev–Trinajstić information content (AvgIpc) is 2.18. The first-order valence-electron chi connectivity index (χ1n) is 5.49. The number of rotatable bonds is 2. The molecule has 1 aromatic carbocycles. The van der Waals surface area contributed by atoms with Crippen molar-refractivity contribution in [3.8, 4) is 0 Å². The Bertz CT molecular complexity index is 402. The largest absolute Gasteiger partial charge is 0.360 e. The molecule has 0 unspecified atom stereocenters. The van der Waals surface area contributed by atoms with Gasteiger partial charge in [-0.1, -0.05) is 15.9 Å². The van der Waals surface area contributed by atoms with Crippen molar-refractivity contribution in [1.82, 2.24) is 5.32 Å². The Hall–Kier alpha value is -0.610. The summed E-state index contributed by atoms with van der Waals surface area (Å²) in [7, 11) is 0. The lowest BCUT2D eigenvalue weighted by atomic mass is 9.93. The molecule has 0 spiro atoms. The van der Waals surface area contributed by atoms with Crippen LogP contribution in [-0.2, 0) is 0 Å². The standard InChI is InChI=1S/C12H15BrN2S/c1-8-7-10(5-6-11(8)13)15-12(16)14-9-3-2-4-9/h5-7,9H,2-4H2,1H3,(H2,14,15,16). The summed E-state index contributed by atoms with van der Waals surface area (Å²) >= 11 is 8.73. The van der Waals surface area contributed by atoms with Crippen molar-refractivity contribution in [2.24, 2.45) is 0 Å². The van der Waals surface area contributed by atoms with E-state index in [0.29, 0.717) is 6.04 Å². The Morgan fingerprint density at radius 1 is 1.44 bits per heavy atom. The first-order valence-corrected chi connectivity index (χ1v) is 6.69. The molecule has 1 fully saturated rings. The fourth-order valence-corrected chi connectivity index (χ4v) is 2.16. The zero-order valence-electron chi connectivity index (χ0n) is 9.22. The molecule has 1 saturated carbocycles. The second-order valence-electron chi connectivity index (χ2n) is 4.19. The third-order valence-corrected chi connectivity index (χ3v) is 3.97. The number of benzene rings is 1. The molecule has 1 aromatic rings. The predicted molar refractivity (Wildman–Crippen MR) is 75.9 cm³/mol. The molecule has 0 heterocycles. The monoisotopic (exact) mass is 298 g/mol. The van der Waals surface area contributed by atoms with E-state index in [1.807, 2.05) is 12.1 Å². The Balaban J connectivity index is 1.92. The zero-order valence-corrected chi connectivity index (χ0v) is 11.6. The molecule has 0 atom stereocenters. The van der Waals surface area contributed by atoms with E-state index in [1.165, 1.54) is 24.8 Å². The fraction of sp³-hybridized carbons (Fsp3) is 0.417. The van der Waals surface area contributed by atoms with Crippen LogP contribution in [0.1, 0.15) is 24.8 Å².